The molecule has 1 atom stereocenters. The molecule has 0 amide bonds. The first-order valence-corrected chi connectivity index (χ1v) is 7.06. The molecule has 116 valence electrons. The largest absolute Gasteiger partial charge is 0.493 e. The van der Waals surface area contributed by atoms with Crippen molar-refractivity contribution in [3.8, 4) is 17.2 Å². The van der Waals surface area contributed by atoms with Crippen molar-refractivity contribution in [2.75, 3.05) is 40.8 Å². The lowest BCUT2D eigenvalue weighted by Crippen LogP contribution is -2.42. The summed E-state index contributed by atoms with van der Waals surface area (Å²) in [6.07, 6.45) is 0.918. The van der Waals surface area contributed by atoms with E-state index in [9.17, 15) is 0 Å². The Labute approximate surface area is 124 Å². The maximum Gasteiger partial charge on any atom is 0.231 e. The van der Waals surface area contributed by atoms with E-state index in [1.807, 2.05) is 12.1 Å². The summed E-state index contributed by atoms with van der Waals surface area (Å²) in [5.41, 5.74) is 0.877. The Kier molecular flexibility index (Phi) is 4.19. The third-order valence-corrected chi connectivity index (χ3v) is 3.99. The Morgan fingerprint density at radius 1 is 1.29 bits per heavy atom. The zero-order valence-electron chi connectivity index (χ0n) is 12.4. The van der Waals surface area contributed by atoms with Gasteiger partial charge in [0.05, 0.1) is 13.7 Å². The summed E-state index contributed by atoms with van der Waals surface area (Å²) in [7, 11) is 3.37. The van der Waals surface area contributed by atoms with Crippen molar-refractivity contribution in [2.24, 2.45) is 0 Å². The van der Waals surface area contributed by atoms with Crippen molar-refractivity contribution in [2.45, 2.75) is 18.6 Å². The molecule has 0 saturated carbocycles. The quantitative estimate of drug-likeness (QED) is 0.854. The molecule has 1 fully saturated rings. The number of hydrogen-bond acceptors (Lipinski definition) is 6. The Balaban J connectivity index is 1.63. The Morgan fingerprint density at radius 3 is 2.90 bits per heavy atom. The molecule has 1 aromatic rings. The fraction of sp³-hybridized carbons (Fsp3) is 0.600. The molecule has 21 heavy (non-hydrogen) atoms. The van der Waals surface area contributed by atoms with Crippen LogP contribution in [0.3, 0.4) is 0 Å². The van der Waals surface area contributed by atoms with Gasteiger partial charge in [0, 0.05) is 33.2 Å². The van der Waals surface area contributed by atoms with Gasteiger partial charge in [0.25, 0.3) is 0 Å². The van der Waals surface area contributed by atoms with Gasteiger partial charge in [-0.25, -0.2) is 0 Å². The number of hydrogen-bond donors (Lipinski definition) is 1. The highest BCUT2D eigenvalue weighted by Crippen LogP contribution is 2.41. The van der Waals surface area contributed by atoms with Gasteiger partial charge in [-0.15, -0.1) is 0 Å². The first kappa shape index (κ1) is 14.4. The van der Waals surface area contributed by atoms with Crippen molar-refractivity contribution in [1.29, 1.82) is 0 Å². The van der Waals surface area contributed by atoms with Crippen molar-refractivity contribution >= 4 is 0 Å². The van der Waals surface area contributed by atoms with Crippen LogP contribution in [0.1, 0.15) is 12.0 Å². The van der Waals surface area contributed by atoms with Gasteiger partial charge in [0.1, 0.15) is 5.60 Å². The summed E-state index contributed by atoms with van der Waals surface area (Å²) in [6.45, 7) is 3.10. The third-order valence-electron chi connectivity index (χ3n) is 3.99. The molecule has 6 nitrogen and oxygen atoms in total. The molecule has 0 aliphatic carbocycles. The van der Waals surface area contributed by atoms with Gasteiger partial charge in [-0.1, -0.05) is 0 Å². The summed E-state index contributed by atoms with van der Waals surface area (Å²) < 4.78 is 27.2. The van der Waals surface area contributed by atoms with Gasteiger partial charge < -0.3 is 29.0 Å². The van der Waals surface area contributed by atoms with Crippen molar-refractivity contribution in [3.05, 3.63) is 17.7 Å². The SMILES string of the molecule is COc1cc(CNCC2(OC)CCOC2)cc2c1OCO2. The van der Waals surface area contributed by atoms with Gasteiger partial charge in [-0.3, -0.25) is 0 Å². The summed E-state index contributed by atoms with van der Waals surface area (Å²) in [5, 5.41) is 3.42. The van der Waals surface area contributed by atoms with Crippen molar-refractivity contribution < 1.29 is 23.7 Å². The molecular formula is C15H21NO5. The van der Waals surface area contributed by atoms with E-state index >= 15 is 0 Å². The first-order valence-electron chi connectivity index (χ1n) is 7.06. The number of nitrogens with one attached hydrogen (secondary N) is 1. The normalized spacial score (nSPS) is 23.5. The minimum atomic E-state index is -0.208. The zero-order valence-corrected chi connectivity index (χ0v) is 12.4. The van der Waals surface area contributed by atoms with Gasteiger partial charge in [-0.2, -0.15) is 0 Å². The van der Waals surface area contributed by atoms with Crippen LogP contribution in [0, 0.1) is 0 Å². The molecule has 1 aromatic carbocycles. The lowest BCUT2D eigenvalue weighted by Gasteiger charge is -2.26. The average molecular weight is 295 g/mol. The number of rotatable bonds is 6. The van der Waals surface area contributed by atoms with Crippen molar-refractivity contribution in [1.82, 2.24) is 5.32 Å². The summed E-state index contributed by atoms with van der Waals surface area (Å²) in [6, 6.07) is 3.94. The Bertz CT molecular complexity index is 499. The van der Waals surface area contributed by atoms with E-state index in [4.69, 9.17) is 23.7 Å². The monoisotopic (exact) mass is 295 g/mol. The van der Waals surface area contributed by atoms with Crippen LogP contribution < -0.4 is 19.5 Å². The standard InChI is InChI=1S/C15H21NO5/c1-17-12-5-11(6-13-14(12)21-10-20-13)7-16-8-15(18-2)3-4-19-9-15/h5-6,16H,3-4,7-10H2,1-2H3. The van der Waals surface area contributed by atoms with Crippen LogP contribution in [-0.2, 0) is 16.0 Å². The molecule has 0 radical (unpaired) electrons. The minimum Gasteiger partial charge on any atom is -0.493 e. The number of fused-ring (bicyclic) bond motifs is 1. The van der Waals surface area contributed by atoms with Crippen LogP contribution in [0.4, 0.5) is 0 Å². The average Bonchev–Trinajstić information content (AvgIpc) is 3.15. The van der Waals surface area contributed by atoms with Crippen LogP contribution in [-0.4, -0.2) is 46.4 Å². The summed E-state index contributed by atoms with van der Waals surface area (Å²) >= 11 is 0. The summed E-state index contributed by atoms with van der Waals surface area (Å²) in [5.74, 6) is 2.11. The second-order valence-corrected chi connectivity index (χ2v) is 5.33. The third kappa shape index (κ3) is 2.92. The van der Waals surface area contributed by atoms with E-state index in [0.717, 1.165) is 30.9 Å². The summed E-state index contributed by atoms with van der Waals surface area (Å²) in [4.78, 5) is 0. The van der Waals surface area contributed by atoms with E-state index in [1.165, 1.54) is 0 Å². The first-order chi connectivity index (χ1) is 10.3. The maximum absolute atomic E-state index is 5.60. The molecule has 0 spiro atoms. The highest BCUT2D eigenvalue weighted by molar-refractivity contribution is 5.55. The van der Waals surface area contributed by atoms with Gasteiger partial charge in [0.2, 0.25) is 12.5 Å². The van der Waals surface area contributed by atoms with E-state index in [0.29, 0.717) is 24.7 Å². The minimum absolute atomic E-state index is 0.208. The molecule has 0 bridgehead atoms. The molecular weight excluding hydrogens is 274 g/mol. The van der Waals surface area contributed by atoms with Crippen LogP contribution >= 0.6 is 0 Å². The molecule has 1 N–H and O–H groups in total. The van der Waals surface area contributed by atoms with Crippen LogP contribution in [0.15, 0.2) is 12.1 Å². The molecule has 2 aliphatic heterocycles. The van der Waals surface area contributed by atoms with Gasteiger partial charge in [0.15, 0.2) is 11.5 Å². The molecule has 6 heteroatoms. The van der Waals surface area contributed by atoms with E-state index in [1.54, 1.807) is 14.2 Å². The molecule has 1 saturated heterocycles. The molecule has 2 aliphatic rings. The van der Waals surface area contributed by atoms with Crippen LogP contribution in [0.2, 0.25) is 0 Å². The van der Waals surface area contributed by atoms with E-state index in [2.05, 4.69) is 5.32 Å². The Morgan fingerprint density at radius 2 is 2.19 bits per heavy atom. The number of benzene rings is 1. The molecule has 0 aromatic heterocycles. The molecule has 1 unspecified atom stereocenters. The van der Waals surface area contributed by atoms with Crippen LogP contribution in [0.25, 0.3) is 0 Å². The van der Waals surface area contributed by atoms with Crippen LogP contribution in [0.5, 0.6) is 17.2 Å². The zero-order chi connectivity index (χ0) is 14.7. The highest BCUT2D eigenvalue weighted by Gasteiger charge is 2.34. The topological polar surface area (TPSA) is 58.2 Å². The number of ether oxygens (including phenoxy) is 5. The van der Waals surface area contributed by atoms with E-state index in [-0.39, 0.29) is 12.4 Å². The van der Waals surface area contributed by atoms with Gasteiger partial charge in [-0.05, 0) is 17.7 Å². The predicted octanol–water partition coefficient (Wildman–Crippen LogP) is 1.32. The smallest absolute Gasteiger partial charge is 0.231 e. The maximum atomic E-state index is 5.60. The van der Waals surface area contributed by atoms with Crippen molar-refractivity contribution in [3.63, 3.8) is 0 Å². The van der Waals surface area contributed by atoms with Gasteiger partial charge >= 0.3 is 0 Å². The fourth-order valence-corrected chi connectivity index (χ4v) is 2.68. The number of methoxy groups -OCH3 is 2. The predicted molar refractivity (Wildman–Crippen MR) is 76.0 cm³/mol. The lowest BCUT2D eigenvalue weighted by atomic mass is 10.0. The Hall–Kier alpha value is -1.50. The lowest BCUT2D eigenvalue weighted by molar-refractivity contribution is -0.0159. The molecule has 3 rings (SSSR count). The second kappa shape index (κ2) is 6.09. The fourth-order valence-electron chi connectivity index (χ4n) is 2.68. The highest BCUT2D eigenvalue weighted by atomic mass is 16.7. The van der Waals surface area contributed by atoms with E-state index < -0.39 is 0 Å². The molecule has 2 heterocycles. The second-order valence-electron chi connectivity index (χ2n) is 5.33.